The Morgan fingerprint density at radius 3 is 2.91 bits per heavy atom. The molecule has 9 heteroatoms. The summed E-state index contributed by atoms with van der Waals surface area (Å²) in [6.45, 7) is 6.56. The van der Waals surface area contributed by atoms with E-state index in [-0.39, 0.29) is 18.0 Å². The third-order valence-electron chi connectivity index (χ3n) is 6.63. The van der Waals surface area contributed by atoms with Crippen LogP contribution in [-0.2, 0) is 16.6 Å². The van der Waals surface area contributed by atoms with E-state index in [0.717, 1.165) is 27.9 Å². The lowest BCUT2D eigenvalue weighted by Gasteiger charge is -2.22. The first-order chi connectivity index (χ1) is 16.9. The number of rotatable bonds is 4. The van der Waals surface area contributed by atoms with Crippen LogP contribution in [0.5, 0.6) is 0 Å². The molecule has 1 saturated heterocycles. The van der Waals surface area contributed by atoms with Crippen molar-refractivity contribution in [2.45, 2.75) is 25.4 Å². The van der Waals surface area contributed by atoms with Crippen molar-refractivity contribution in [3.05, 3.63) is 60.2 Å². The number of amides is 1. The number of methoxy groups -OCH3 is 1. The van der Waals surface area contributed by atoms with Crippen LogP contribution in [0.25, 0.3) is 21.9 Å². The van der Waals surface area contributed by atoms with Crippen LogP contribution in [0.2, 0.25) is 0 Å². The topological polar surface area (TPSA) is 104 Å². The molecule has 4 heterocycles. The van der Waals surface area contributed by atoms with E-state index in [4.69, 9.17) is 15.6 Å². The summed E-state index contributed by atoms with van der Waals surface area (Å²) in [4.78, 5) is 23.1. The monoisotopic (exact) mass is 469 g/mol. The molecule has 1 amide bonds. The Balaban J connectivity index is 1.54. The number of benzene rings is 1. The highest BCUT2D eigenvalue weighted by Crippen LogP contribution is 2.32. The van der Waals surface area contributed by atoms with Crippen LogP contribution in [0, 0.1) is 18.8 Å². The molecule has 0 bridgehead atoms. The fourth-order valence-corrected chi connectivity index (χ4v) is 4.81. The second-order valence-electron chi connectivity index (χ2n) is 8.75. The summed E-state index contributed by atoms with van der Waals surface area (Å²) in [5.41, 5.74) is 10.4. The standard InChI is InChI=1S/C26H27N7O2/c1-5-24(34)32-14-18(13-19(32)15-35-4)33-23-10-11-28-26(27)25(23)20(30-33)8-6-17-7-9-22-21(12-17)29-16(2)31(22)3/h5,7,9-12,18-19H,1,13-15H2,2-4H3,(H2,27,28)/t18-,19+/m0/s1. The van der Waals surface area contributed by atoms with Gasteiger partial charge >= 0.3 is 0 Å². The molecule has 0 aliphatic carbocycles. The molecule has 1 fully saturated rings. The van der Waals surface area contributed by atoms with Crippen molar-refractivity contribution in [1.82, 2.24) is 29.2 Å². The smallest absolute Gasteiger partial charge is 0.246 e. The molecule has 0 radical (unpaired) electrons. The van der Waals surface area contributed by atoms with Gasteiger partial charge in [-0.3, -0.25) is 9.48 Å². The number of anilines is 1. The van der Waals surface area contributed by atoms with E-state index in [0.29, 0.717) is 36.5 Å². The van der Waals surface area contributed by atoms with Crippen LogP contribution in [-0.4, -0.2) is 61.4 Å². The minimum Gasteiger partial charge on any atom is -0.383 e. The van der Waals surface area contributed by atoms with Crippen molar-refractivity contribution < 1.29 is 9.53 Å². The number of aromatic nitrogens is 5. The maximum atomic E-state index is 12.4. The van der Waals surface area contributed by atoms with Crippen molar-refractivity contribution in [2.24, 2.45) is 7.05 Å². The van der Waals surface area contributed by atoms with Gasteiger partial charge in [0.2, 0.25) is 5.91 Å². The lowest BCUT2D eigenvalue weighted by molar-refractivity contribution is -0.127. The minimum absolute atomic E-state index is 0.0493. The zero-order valence-electron chi connectivity index (χ0n) is 20.0. The molecule has 4 aromatic rings. The maximum Gasteiger partial charge on any atom is 0.246 e. The minimum atomic E-state index is -0.118. The highest BCUT2D eigenvalue weighted by atomic mass is 16.5. The van der Waals surface area contributed by atoms with Gasteiger partial charge in [-0.15, -0.1) is 0 Å². The van der Waals surface area contributed by atoms with Crippen molar-refractivity contribution in [3.8, 4) is 11.8 Å². The molecule has 1 aromatic carbocycles. The quantitative estimate of drug-likeness (QED) is 0.364. The molecule has 0 saturated carbocycles. The normalized spacial score (nSPS) is 17.6. The van der Waals surface area contributed by atoms with E-state index in [1.807, 2.05) is 47.5 Å². The van der Waals surface area contributed by atoms with Crippen LogP contribution in [0.4, 0.5) is 5.82 Å². The van der Waals surface area contributed by atoms with E-state index in [2.05, 4.69) is 28.4 Å². The van der Waals surface area contributed by atoms with Gasteiger partial charge in [-0.25, -0.2) is 9.97 Å². The number of hydrogen-bond acceptors (Lipinski definition) is 6. The Morgan fingerprint density at radius 2 is 2.14 bits per heavy atom. The van der Waals surface area contributed by atoms with Crippen LogP contribution >= 0.6 is 0 Å². The van der Waals surface area contributed by atoms with Crippen molar-refractivity contribution >= 4 is 33.7 Å². The van der Waals surface area contributed by atoms with E-state index >= 15 is 0 Å². The first-order valence-electron chi connectivity index (χ1n) is 11.4. The average Bonchev–Trinajstić information content (AvgIpc) is 3.52. The number of carbonyl (C=O) groups excluding carboxylic acids is 1. The number of pyridine rings is 1. The van der Waals surface area contributed by atoms with Gasteiger partial charge in [-0.2, -0.15) is 5.10 Å². The van der Waals surface area contributed by atoms with Crippen LogP contribution in [0.15, 0.2) is 43.1 Å². The molecule has 0 unspecified atom stereocenters. The number of nitrogen functional groups attached to an aromatic ring is 1. The average molecular weight is 470 g/mol. The Kier molecular flexibility index (Phi) is 5.75. The molecule has 2 atom stereocenters. The molecule has 5 rings (SSSR count). The summed E-state index contributed by atoms with van der Waals surface area (Å²) in [6.07, 6.45) is 3.71. The van der Waals surface area contributed by atoms with Crippen LogP contribution in [0.1, 0.15) is 29.5 Å². The SMILES string of the molecule is C=CC(=O)N1C[C@@H](n2nc(C#Cc3ccc4c(c3)nc(C)n4C)c3c(N)nccc32)C[C@@H]1COC. The van der Waals surface area contributed by atoms with E-state index < -0.39 is 0 Å². The fourth-order valence-electron chi connectivity index (χ4n) is 4.81. The molecule has 2 N–H and O–H groups in total. The Morgan fingerprint density at radius 1 is 1.31 bits per heavy atom. The van der Waals surface area contributed by atoms with Crippen molar-refractivity contribution in [3.63, 3.8) is 0 Å². The first kappa shape index (κ1) is 22.6. The van der Waals surface area contributed by atoms with Crippen LogP contribution < -0.4 is 5.73 Å². The molecule has 3 aromatic heterocycles. The molecule has 178 valence electrons. The molecule has 35 heavy (non-hydrogen) atoms. The zero-order valence-corrected chi connectivity index (χ0v) is 20.0. The van der Waals surface area contributed by atoms with Gasteiger partial charge in [0.15, 0.2) is 0 Å². The Hall–Kier alpha value is -4.16. The third kappa shape index (κ3) is 3.92. The lowest BCUT2D eigenvalue weighted by Crippen LogP contribution is -2.37. The summed E-state index contributed by atoms with van der Waals surface area (Å²) in [5, 5.41) is 5.56. The first-order valence-corrected chi connectivity index (χ1v) is 11.4. The van der Waals surface area contributed by atoms with E-state index in [1.54, 1.807) is 18.2 Å². The van der Waals surface area contributed by atoms with Gasteiger partial charge in [0, 0.05) is 32.5 Å². The highest BCUT2D eigenvalue weighted by molar-refractivity contribution is 5.93. The number of imidazole rings is 1. The Bertz CT molecular complexity index is 1520. The second kappa shape index (κ2) is 8.89. The number of likely N-dealkylation sites (tertiary alicyclic amines) is 1. The van der Waals surface area contributed by atoms with Gasteiger partial charge in [-0.1, -0.05) is 12.5 Å². The number of ether oxygens (including phenoxy) is 1. The lowest BCUT2D eigenvalue weighted by atomic mass is 10.1. The van der Waals surface area contributed by atoms with E-state index in [1.165, 1.54) is 6.08 Å². The third-order valence-corrected chi connectivity index (χ3v) is 6.63. The van der Waals surface area contributed by atoms with Gasteiger partial charge in [0.05, 0.1) is 40.6 Å². The summed E-state index contributed by atoms with van der Waals surface area (Å²) in [7, 11) is 3.63. The largest absolute Gasteiger partial charge is 0.383 e. The Labute approximate surface area is 203 Å². The second-order valence-corrected chi connectivity index (χ2v) is 8.75. The van der Waals surface area contributed by atoms with Gasteiger partial charge in [0.1, 0.15) is 17.3 Å². The number of nitrogens with zero attached hydrogens (tertiary/aromatic N) is 6. The maximum absolute atomic E-state index is 12.4. The molecular weight excluding hydrogens is 442 g/mol. The van der Waals surface area contributed by atoms with Crippen molar-refractivity contribution in [2.75, 3.05) is 26.0 Å². The predicted molar refractivity (Wildman–Crippen MR) is 135 cm³/mol. The van der Waals surface area contributed by atoms with Gasteiger partial charge in [0.25, 0.3) is 0 Å². The summed E-state index contributed by atoms with van der Waals surface area (Å²) >= 11 is 0. The summed E-state index contributed by atoms with van der Waals surface area (Å²) in [6, 6.07) is 7.74. The van der Waals surface area contributed by atoms with Crippen LogP contribution in [0.3, 0.4) is 0 Å². The van der Waals surface area contributed by atoms with Gasteiger partial charge < -0.3 is 19.9 Å². The number of carbonyl (C=O) groups is 1. The summed E-state index contributed by atoms with van der Waals surface area (Å²) < 4.78 is 9.32. The predicted octanol–water partition coefficient (Wildman–Crippen LogP) is 2.58. The molecular formula is C26H27N7O2. The summed E-state index contributed by atoms with van der Waals surface area (Å²) in [5.74, 6) is 7.61. The fraction of sp³-hybridized carbons (Fsp3) is 0.308. The molecule has 1 aliphatic heterocycles. The molecule has 1 aliphatic rings. The number of fused-ring (bicyclic) bond motifs is 2. The molecule has 9 nitrogen and oxygen atoms in total. The number of hydrogen-bond donors (Lipinski definition) is 1. The van der Waals surface area contributed by atoms with Crippen molar-refractivity contribution in [1.29, 1.82) is 0 Å². The van der Waals surface area contributed by atoms with E-state index in [9.17, 15) is 4.79 Å². The zero-order chi connectivity index (χ0) is 24.7. The number of nitrogens with two attached hydrogens (primary N) is 1. The highest BCUT2D eigenvalue weighted by Gasteiger charge is 2.36. The van der Waals surface area contributed by atoms with Gasteiger partial charge in [-0.05, 0) is 49.6 Å². The molecule has 0 spiro atoms. The number of aryl methyl sites for hydroxylation is 2.